The van der Waals surface area contributed by atoms with Gasteiger partial charge in [0.15, 0.2) is 0 Å². The van der Waals surface area contributed by atoms with E-state index in [1.165, 1.54) is 12.1 Å². The van der Waals surface area contributed by atoms with Crippen LogP contribution >= 0.6 is 0 Å². The Balaban J connectivity index is 1.78. The first-order valence-electron chi connectivity index (χ1n) is 6.33. The number of benzene rings is 2. The van der Waals surface area contributed by atoms with E-state index in [-0.39, 0.29) is 18.1 Å². The minimum absolute atomic E-state index is 0.0959. The molecule has 20 heavy (non-hydrogen) atoms. The molecule has 1 heterocycles. The van der Waals surface area contributed by atoms with Gasteiger partial charge in [-0.05, 0) is 35.9 Å². The summed E-state index contributed by atoms with van der Waals surface area (Å²) in [5.41, 5.74) is 2.32. The topological polar surface area (TPSA) is 44.9 Å². The summed E-state index contributed by atoms with van der Waals surface area (Å²) in [4.78, 5) is 15.0. The van der Waals surface area contributed by atoms with E-state index in [0.29, 0.717) is 5.52 Å². The van der Waals surface area contributed by atoms with Crippen LogP contribution in [0.4, 0.5) is 10.1 Å². The van der Waals surface area contributed by atoms with Crippen molar-refractivity contribution < 1.29 is 9.18 Å². The number of aromatic amines is 1. The molecule has 0 aliphatic rings. The Morgan fingerprint density at radius 2 is 1.95 bits per heavy atom. The predicted molar refractivity (Wildman–Crippen MR) is 77.0 cm³/mol. The van der Waals surface area contributed by atoms with Gasteiger partial charge in [-0.1, -0.05) is 18.2 Å². The molecule has 100 valence electrons. The van der Waals surface area contributed by atoms with E-state index in [1.54, 1.807) is 12.3 Å². The number of nitrogens with one attached hydrogen (secondary N) is 2. The number of amides is 1. The average Bonchev–Trinajstić information content (AvgIpc) is 2.82. The van der Waals surface area contributed by atoms with Crippen LogP contribution in [0.15, 0.2) is 54.7 Å². The van der Waals surface area contributed by atoms with Gasteiger partial charge in [-0.3, -0.25) is 4.79 Å². The SMILES string of the molecule is O=C(Cc1c[nH]c2cc(F)ccc12)Nc1ccccc1. The Labute approximate surface area is 115 Å². The predicted octanol–water partition coefficient (Wildman–Crippen LogP) is 3.49. The molecule has 1 aromatic heterocycles. The van der Waals surface area contributed by atoms with Crippen molar-refractivity contribution >= 4 is 22.5 Å². The van der Waals surface area contributed by atoms with Crippen molar-refractivity contribution in [2.75, 3.05) is 5.32 Å². The third kappa shape index (κ3) is 2.54. The zero-order valence-corrected chi connectivity index (χ0v) is 10.7. The summed E-state index contributed by atoms with van der Waals surface area (Å²) in [6, 6.07) is 13.8. The molecule has 0 saturated heterocycles. The molecule has 1 amide bonds. The third-order valence-electron chi connectivity index (χ3n) is 3.14. The number of para-hydroxylation sites is 1. The molecule has 0 unspecified atom stereocenters. The lowest BCUT2D eigenvalue weighted by atomic mass is 10.1. The number of hydrogen-bond donors (Lipinski definition) is 2. The molecular formula is C16H13FN2O. The van der Waals surface area contributed by atoms with Crippen molar-refractivity contribution in [1.29, 1.82) is 0 Å². The quantitative estimate of drug-likeness (QED) is 0.750. The fraction of sp³-hybridized carbons (Fsp3) is 0.0625. The maximum Gasteiger partial charge on any atom is 0.228 e. The Hall–Kier alpha value is -2.62. The van der Waals surface area contributed by atoms with Crippen LogP contribution in [0.3, 0.4) is 0 Å². The molecule has 4 heteroatoms. The second-order valence-electron chi connectivity index (χ2n) is 4.59. The molecule has 0 aliphatic heterocycles. The molecule has 0 atom stereocenters. The number of H-pyrrole nitrogens is 1. The van der Waals surface area contributed by atoms with Gasteiger partial charge in [0, 0.05) is 22.8 Å². The lowest BCUT2D eigenvalue weighted by Crippen LogP contribution is -2.13. The van der Waals surface area contributed by atoms with E-state index in [1.807, 2.05) is 30.3 Å². The first kappa shape index (κ1) is 12.4. The molecule has 0 aliphatic carbocycles. The summed E-state index contributed by atoms with van der Waals surface area (Å²) in [6.45, 7) is 0. The number of rotatable bonds is 3. The number of aromatic nitrogens is 1. The van der Waals surface area contributed by atoms with Gasteiger partial charge in [0.05, 0.1) is 6.42 Å². The summed E-state index contributed by atoms with van der Waals surface area (Å²) in [5.74, 6) is -0.388. The Bertz CT molecular complexity index is 750. The maximum atomic E-state index is 13.1. The zero-order chi connectivity index (χ0) is 13.9. The van der Waals surface area contributed by atoms with Crippen molar-refractivity contribution in [2.24, 2.45) is 0 Å². The number of hydrogen-bond acceptors (Lipinski definition) is 1. The molecule has 2 aromatic carbocycles. The van der Waals surface area contributed by atoms with E-state index in [4.69, 9.17) is 0 Å². The second kappa shape index (κ2) is 5.17. The molecule has 3 rings (SSSR count). The molecule has 0 bridgehead atoms. The molecule has 0 radical (unpaired) electrons. The first-order valence-corrected chi connectivity index (χ1v) is 6.33. The highest BCUT2D eigenvalue weighted by atomic mass is 19.1. The monoisotopic (exact) mass is 268 g/mol. The minimum Gasteiger partial charge on any atom is -0.361 e. The number of halogens is 1. The van der Waals surface area contributed by atoms with Crippen molar-refractivity contribution in [3.63, 3.8) is 0 Å². The van der Waals surface area contributed by atoms with E-state index >= 15 is 0 Å². The normalized spacial score (nSPS) is 10.7. The Morgan fingerprint density at radius 1 is 1.15 bits per heavy atom. The number of fused-ring (bicyclic) bond motifs is 1. The standard InChI is InChI=1S/C16H13FN2O/c17-12-6-7-14-11(10-18-15(14)9-12)8-16(20)19-13-4-2-1-3-5-13/h1-7,9-10,18H,8H2,(H,19,20). The van der Waals surface area contributed by atoms with E-state index < -0.39 is 0 Å². The molecular weight excluding hydrogens is 255 g/mol. The van der Waals surface area contributed by atoms with Crippen LogP contribution in [-0.4, -0.2) is 10.9 Å². The van der Waals surface area contributed by atoms with Crippen LogP contribution in [0.2, 0.25) is 0 Å². The second-order valence-corrected chi connectivity index (χ2v) is 4.59. The van der Waals surface area contributed by atoms with Gasteiger partial charge < -0.3 is 10.3 Å². The van der Waals surface area contributed by atoms with Crippen LogP contribution in [0.1, 0.15) is 5.56 Å². The van der Waals surface area contributed by atoms with Crippen molar-refractivity contribution in [3.05, 3.63) is 66.1 Å². The van der Waals surface area contributed by atoms with Crippen LogP contribution < -0.4 is 5.32 Å². The first-order chi connectivity index (χ1) is 9.72. The van der Waals surface area contributed by atoms with E-state index in [2.05, 4.69) is 10.3 Å². The van der Waals surface area contributed by atoms with Crippen LogP contribution in [0.5, 0.6) is 0 Å². The number of carbonyl (C=O) groups excluding carboxylic acids is 1. The van der Waals surface area contributed by atoms with Crippen LogP contribution in [0, 0.1) is 5.82 Å². The Kier molecular flexibility index (Phi) is 3.21. The molecule has 2 N–H and O–H groups in total. The fourth-order valence-corrected chi connectivity index (χ4v) is 2.20. The van der Waals surface area contributed by atoms with E-state index in [0.717, 1.165) is 16.6 Å². The third-order valence-corrected chi connectivity index (χ3v) is 3.14. The maximum absolute atomic E-state index is 13.1. The number of carbonyl (C=O) groups is 1. The smallest absolute Gasteiger partial charge is 0.228 e. The molecule has 3 nitrogen and oxygen atoms in total. The van der Waals surface area contributed by atoms with E-state index in [9.17, 15) is 9.18 Å². The van der Waals surface area contributed by atoms with Gasteiger partial charge in [-0.25, -0.2) is 4.39 Å². The van der Waals surface area contributed by atoms with Crippen molar-refractivity contribution in [3.8, 4) is 0 Å². The van der Waals surface area contributed by atoms with Gasteiger partial charge in [-0.15, -0.1) is 0 Å². The average molecular weight is 268 g/mol. The van der Waals surface area contributed by atoms with Gasteiger partial charge in [0.25, 0.3) is 0 Å². The minimum atomic E-state index is -0.292. The van der Waals surface area contributed by atoms with Gasteiger partial charge in [0.2, 0.25) is 5.91 Å². The van der Waals surface area contributed by atoms with Gasteiger partial charge >= 0.3 is 0 Å². The van der Waals surface area contributed by atoms with Gasteiger partial charge in [-0.2, -0.15) is 0 Å². The summed E-state index contributed by atoms with van der Waals surface area (Å²) >= 11 is 0. The largest absolute Gasteiger partial charge is 0.361 e. The summed E-state index contributed by atoms with van der Waals surface area (Å²) < 4.78 is 13.1. The molecule has 3 aromatic rings. The fourth-order valence-electron chi connectivity index (χ4n) is 2.20. The molecule has 0 saturated carbocycles. The summed E-state index contributed by atoms with van der Waals surface area (Å²) in [7, 11) is 0. The molecule has 0 spiro atoms. The zero-order valence-electron chi connectivity index (χ0n) is 10.7. The lowest BCUT2D eigenvalue weighted by Gasteiger charge is -2.04. The van der Waals surface area contributed by atoms with Crippen molar-refractivity contribution in [2.45, 2.75) is 6.42 Å². The highest BCUT2D eigenvalue weighted by Gasteiger charge is 2.09. The summed E-state index contributed by atoms with van der Waals surface area (Å²) in [5, 5.41) is 3.70. The number of anilines is 1. The lowest BCUT2D eigenvalue weighted by molar-refractivity contribution is -0.115. The Morgan fingerprint density at radius 3 is 2.75 bits per heavy atom. The van der Waals surface area contributed by atoms with Gasteiger partial charge in [0.1, 0.15) is 5.82 Å². The molecule has 0 fully saturated rings. The summed E-state index contributed by atoms with van der Waals surface area (Å²) in [6.07, 6.45) is 2.00. The van der Waals surface area contributed by atoms with Crippen LogP contribution in [0.25, 0.3) is 10.9 Å². The highest BCUT2D eigenvalue weighted by Crippen LogP contribution is 2.20. The van der Waals surface area contributed by atoms with Crippen molar-refractivity contribution in [1.82, 2.24) is 4.98 Å². The highest BCUT2D eigenvalue weighted by molar-refractivity contribution is 5.95. The van der Waals surface area contributed by atoms with Crippen LogP contribution in [-0.2, 0) is 11.2 Å².